The minimum atomic E-state index is -0.341. The van der Waals surface area contributed by atoms with Crippen molar-refractivity contribution in [1.82, 2.24) is 25.2 Å². The van der Waals surface area contributed by atoms with E-state index in [9.17, 15) is 4.79 Å². The first kappa shape index (κ1) is 20.6. The molecule has 0 spiro atoms. The largest absolute Gasteiger partial charge is 0.273 e. The van der Waals surface area contributed by atoms with Crippen molar-refractivity contribution in [3.8, 4) is 11.3 Å². The molecule has 4 aromatic rings. The number of carbonyl (C=O) groups excluding carboxylic acids is 1. The molecule has 0 atom stereocenters. The van der Waals surface area contributed by atoms with Gasteiger partial charge in [0.15, 0.2) is 0 Å². The number of nitrogens with zero attached hydrogens (tertiary/aromatic N) is 4. The van der Waals surface area contributed by atoms with Crippen molar-refractivity contribution < 1.29 is 4.79 Å². The number of hydrogen-bond acceptors (Lipinski definition) is 5. The molecule has 2 N–H and O–H groups in total. The topological polar surface area (TPSA) is 84.7 Å². The maximum atomic E-state index is 13.0. The quantitative estimate of drug-likeness (QED) is 0.441. The van der Waals surface area contributed by atoms with Gasteiger partial charge in [-0.1, -0.05) is 54.1 Å². The molecule has 0 fully saturated rings. The zero-order valence-electron chi connectivity index (χ0n) is 17.1. The molecular weight excluding hydrogens is 412 g/mol. The molecule has 1 amide bonds. The Morgan fingerprint density at radius 1 is 1.00 bits per heavy atom. The van der Waals surface area contributed by atoms with Crippen LogP contribution in [0, 0.1) is 13.8 Å². The van der Waals surface area contributed by atoms with E-state index in [1.807, 2.05) is 62.4 Å². The first-order valence-corrected chi connectivity index (χ1v) is 10.1. The van der Waals surface area contributed by atoms with Crippen LogP contribution in [0.15, 0.2) is 66.9 Å². The second-order valence-electron chi connectivity index (χ2n) is 7.13. The molecule has 0 saturated heterocycles. The Morgan fingerprint density at radius 3 is 2.35 bits per heavy atom. The van der Waals surface area contributed by atoms with Crippen molar-refractivity contribution in [2.75, 3.05) is 5.43 Å². The zero-order valence-corrected chi connectivity index (χ0v) is 17.9. The SMILES string of the molecule is Cc1cc(C)nc(NNC(=O)c2cn(Cc3ccccc3)nc2-c2ccc(Cl)cc2)n1. The fourth-order valence-corrected chi connectivity index (χ4v) is 3.35. The van der Waals surface area contributed by atoms with Gasteiger partial charge >= 0.3 is 0 Å². The molecule has 0 bridgehead atoms. The number of carbonyl (C=O) groups is 1. The van der Waals surface area contributed by atoms with Crippen LogP contribution in [0.2, 0.25) is 5.02 Å². The maximum Gasteiger partial charge on any atom is 0.273 e. The Morgan fingerprint density at radius 2 is 1.68 bits per heavy atom. The minimum absolute atomic E-state index is 0.329. The lowest BCUT2D eigenvalue weighted by Crippen LogP contribution is -2.30. The minimum Gasteiger partial charge on any atom is -0.267 e. The van der Waals surface area contributed by atoms with E-state index >= 15 is 0 Å². The second-order valence-corrected chi connectivity index (χ2v) is 7.57. The predicted octanol–water partition coefficient (Wildman–Crippen LogP) is 4.42. The molecule has 0 saturated carbocycles. The van der Waals surface area contributed by atoms with Gasteiger partial charge in [-0.05, 0) is 37.6 Å². The van der Waals surface area contributed by atoms with Gasteiger partial charge in [-0.25, -0.2) is 9.97 Å². The normalized spacial score (nSPS) is 10.7. The summed E-state index contributed by atoms with van der Waals surface area (Å²) < 4.78 is 1.75. The zero-order chi connectivity index (χ0) is 21.8. The summed E-state index contributed by atoms with van der Waals surface area (Å²) in [6.45, 7) is 4.28. The monoisotopic (exact) mass is 432 g/mol. The smallest absolute Gasteiger partial charge is 0.267 e. The van der Waals surface area contributed by atoms with Crippen LogP contribution in [0.4, 0.5) is 5.95 Å². The summed E-state index contributed by atoms with van der Waals surface area (Å²) >= 11 is 6.03. The number of aryl methyl sites for hydroxylation is 2. The molecule has 0 unspecified atom stereocenters. The highest BCUT2D eigenvalue weighted by Gasteiger charge is 2.18. The van der Waals surface area contributed by atoms with Gasteiger partial charge in [-0.3, -0.25) is 20.3 Å². The van der Waals surface area contributed by atoms with Crippen LogP contribution < -0.4 is 10.9 Å². The van der Waals surface area contributed by atoms with E-state index in [0.29, 0.717) is 28.8 Å². The van der Waals surface area contributed by atoms with Crippen LogP contribution >= 0.6 is 11.6 Å². The molecule has 7 nitrogen and oxygen atoms in total. The lowest BCUT2D eigenvalue weighted by molar-refractivity contribution is 0.0962. The summed E-state index contributed by atoms with van der Waals surface area (Å²) in [5, 5.41) is 5.28. The summed E-state index contributed by atoms with van der Waals surface area (Å²) in [5.41, 5.74) is 9.95. The van der Waals surface area contributed by atoms with Gasteiger partial charge < -0.3 is 0 Å². The lowest BCUT2D eigenvalue weighted by atomic mass is 10.1. The molecular formula is C23H21ClN6O. The van der Waals surface area contributed by atoms with Crippen molar-refractivity contribution in [2.45, 2.75) is 20.4 Å². The number of halogens is 1. The summed E-state index contributed by atoms with van der Waals surface area (Å²) in [7, 11) is 0. The molecule has 2 aromatic carbocycles. The maximum absolute atomic E-state index is 13.0. The highest BCUT2D eigenvalue weighted by molar-refractivity contribution is 6.30. The predicted molar refractivity (Wildman–Crippen MR) is 121 cm³/mol. The second kappa shape index (κ2) is 8.97. The molecule has 4 rings (SSSR count). The Bertz CT molecular complexity index is 1180. The third-order valence-corrected chi connectivity index (χ3v) is 4.83. The van der Waals surface area contributed by atoms with Gasteiger partial charge in [0.2, 0.25) is 5.95 Å². The van der Waals surface area contributed by atoms with Gasteiger partial charge in [-0.2, -0.15) is 5.10 Å². The Hall–Kier alpha value is -3.71. The van der Waals surface area contributed by atoms with E-state index < -0.39 is 0 Å². The highest BCUT2D eigenvalue weighted by atomic mass is 35.5. The number of anilines is 1. The number of amides is 1. The van der Waals surface area contributed by atoms with Gasteiger partial charge in [0.1, 0.15) is 5.69 Å². The van der Waals surface area contributed by atoms with E-state index in [1.165, 1.54) is 0 Å². The van der Waals surface area contributed by atoms with E-state index in [1.54, 1.807) is 23.0 Å². The molecule has 31 heavy (non-hydrogen) atoms. The Labute approximate surface area is 185 Å². The van der Waals surface area contributed by atoms with E-state index in [4.69, 9.17) is 11.6 Å². The van der Waals surface area contributed by atoms with E-state index in [-0.39, 0.29) is 5.91 Å². The van der Waals surface area contributed by atoms with Gasteiger partial charge in [0.25, 0.3) is 5.91 Å². The Balaban J connectivity index is 1.62. The summed E-state index contributed by atoms with van der Waals surface area (Å²) in [6.07, 6.45) is 1.73. The molecule has 8 heteroatoms. The summed E-state index contributed by atoms with van der Waals surface area (Å²) in [4.78, 5) is 21.6. The van der Waals surface area contributed by atoms with Crippen LogP contribution in [-0.2, 0) is 6.54 Å². The van der Waals surface area contributed by atoms with Crippen LogP contribution in [-0.4, -0.2) is 25.7 Å². The number of benzene rings is 2. The van der Waals surface area contributed by atoms with E-state index in [2.05, 4.69) is 25.9 Å². The van der Waals surface area contributed by atoms with Gasteiger partial charge in [-0.15, -0.1) is 0 Å². The van der Waals surface area contributed by atoms with Crippen LogP contribution in [0.3, 0.4) is 0 Å². The Kier molecular flexibility index (Phi) is 5.95. The average molecular weight is 433 g/mol. The summed E-state index contributed by atoms with van der Waals surface area (Å²) in [6, 6.07) is 19.0. The van der Waals surface area contributed by atoms with Gasteiger partial charge in [0, 0.05) is 28.2 Å². The molecule has 2 heterocycles. The third kappa shape index (κ3) is 5.07. The fourth-order valence-electron chi connectivity index (χ4n) is 3.22. The molecule has 0 aliphatic carbocycles. The number of hydrazine groups is 1. The van der Waals surface area contributed by atoms with Crippen LogP contribution in [0.5, 0.6) is 0 Å². The first-order valence-electron chi connectivity index (χ1n) is 9.74. The standard InChI is InChI=1S/C23H21ClN6O/c1-15-12-16(2)26-23(25-15)28-27-22(31)20-14-30(13-17-6-4-3-5-7-17)29-21(20)18-8-10-19(24)11-9-18/h3-12,14H,13H2,1-2H3,(H,27,31)(H,25,26,28). The van der Waals surface area contributed by atoms with Crippen molar-refractivity contribution in [1.29, 1.82) is 0 Å². The first-order chi connectivity index (χ1) is 15.0. The molecule has 2 aromatic heterocycles. The number of hydrogen-bond donors (Lipinski definition) is 2. The number of aromatic nitrogens is 4. The molecule has 0 radical (unpaired) electrons. The number of rotatable bonds is 6. The molecule has 156 valence electrons. The van der Waals surface area contributed by atoms with Crippen molar-refractivity contribution in [3.63, 3.8) is 0 Å². The van der Waals surface area contributed by atoms with Gasteiger partial charge in [0.05, 0.1) is 12.1 Å². The third-order valence-electron chi connectivity index (χ3n) is 4.58. The fraction of sp³-hybridized carbons (Fsp3) is 0.130. The lowest BCUT2D eigenvalue weighted by Gasteiger charge is -2.08. The summed E-state index contributed by atoms with van der Waals surface area (Å²) in [5.74, 6) is -0.0115. The van der Waals surface area contributed by atoms with Crippen LogP contribution in [0.1, 0.15) is 27.3 Å². The highest BCUT2D eigenvalue weighted by Crippen LogP contribution is 2.24. The van der Waals surface area contributed by atoms with Crippen molar-refractivity contribution >= 4 is 23.5 Å². The van der Waals surface area contributed by atoms with Crippen LogP contribution in [0.25, 0.3) is 11.3 Å². The molecule has 0 aliphatic heterocycles. The van der Waals surface area contributed by atoms with Crippen molar-refractivity contribution in [2.24, 2.45) is 0 Å². The number of nitrogens with one attached hydrogen (secondary N) is 2. The van der Waals surface area contributed by atoms with E-state index in [0.717, 1.165) is 22.5 Å². The van der Waals surface area contributed by atoms with Crippen molar-refractivity contribution in [3.05, 3.63) is 94.4 Å². The average Bonchev–Trinajstić information content (AvgIpc) is 3.16. The molecule has 0 aliphatic rings.